The van der Waals surface area contributed by atoms with Crippen molar-refractivity contribution >= 4 is 29.7 Å². The second-order valence-electron chi connectivity index (χ2n) is 8.98. The van der Waals surface area contributed by atoms with Crippen LogP contribution < -0.4 is 25.3 Å². The first kappa shape index (κ1) is 29.2. The van der Waals surface area contributed by atoms with Crippen LogP contribution in [0, 0.1) is 17.4 Å². The summed E-state index contributed by atoms with van der Waals surface area (Å²) in [6.45, 7) is 3.28. The number of methoxy groups -OCH3 is 1. The molecule has 2 heterocycles. The summed E-state index contributed by atoms with van der Waals surface area (Å²) in [4.78, 5) is 17.0. The molecule has 3 rings (SSSR count). The third-order valence-electron chi connectivity index (χ3n) is 6.65. The number of guanidine groups is 1. The number of ether oxygens (including phenoxy) is 3. The molecule has 1 fully saturated rings. The Morgan fingerprint density at radius 3 is 2.53 bits per heavy atom. The largest absolute Gasteiger partial charge is 0.494 e. The fraction of sp³-hybridized carbons (Fsp3) is 0.481. The number of hydrogen-bond acceptors (Lipinski definition) is 7. The van der Waals surface area contributed by atoms with Crippen molar-refractivity contribution in [3.63, 3.8) is 0 Å². The zero-order valence-corrected chi connectivity index (χ0v) is 22.5. The summed E-state index contributed by atoms with van der Waals surface area (Å²) in [5, 5.41) is 13.1. The van der Waals surface area contributed by atoms with Crippen molar-refractivity contribution in [3.8, 4) is 11.9 Å². The highest BCUT2D eigenvalue weighted by Gasteiger charge is 2.51. The summed E-state index contributed by atoms with van der Waals surface area (Å²) in [6.07, 6.45) is 10.7. The minimum absolute atomic E-state index is 0.0141. The number of nitriles is 1. The second kappa shape index (κ2) is 15.1. The quantitative estimate of drug-likeness (QED) is 0.0707. The summed E-state index contributed by atoms with van der Waals surface area (Å²) in [6, 6.07) is 11.0. The average Bonchev–Trinajstić information content (AvgIpc) is 2.95. The number of nitrogens with zero attached hydrogens (tertiary/aromatic N) is 4. The van der Waals surface area contributed by atoms with Crippen molar-refractivity contribution in [1.82, 2.24) is 5.32 Å². The minimum atomic E-state index is -1.24. The van der Waals surface area contributed by atoms with Gasteiger partial charge >= 0.3 is 5.91 Å². The van der Waals surface area contributed by atoms with E-state index in [0.717, 1.165) is 63.1 Å². The van der Waals surface area contributed by atoms with Gasteiger partial charge in [-0.25, -0.2) is 0 Å². The van der Waals surface area contributed by atoms with Crippen molar-refractivity contribution in [2.45, 2.75) is 44.4 Å². The number of nitrogens with two attached hydrogens (primary N) is 1. The third kappa shape index (κ3) is 7.81. The number of rotatable bonds is 14. The molecule has 1 aliphatic heterocycles. The molecular weight excluding hydrogens is 508 g/mol. The van der Waals surface area contributed by atoms with Crippen LogP contribution in [-0.4, -0.2) is 45.8 Å². The molecule has 11 heteroatoms. The van der Waals surface area contributed by atoms with Crippen molar-refractivity contribution < 1.29 is 23.6 Å². The van der Waals surface area contributed by atoms with Crippen LogP contribution in [0.25, 0.3) is 0 Å². The van der Waals surface area contributed by atoms with Crippen LogP contribution in [0.15, 0.2) is 53.8 Å². The molecule has 0 saturated carbocycles. The lowest BCUT2D eigenvalue weighted by Crippen LogP contribution is -2.64. The van der Waals surface area contributed by atoms with E-state index in [4.69, 9.17) is 36.8 Å². The lowest BCUT2D eigenvalue weighted by molar-refractivity contribution is -0.859. The molecule has 1 aromatic heterocycles. The number of aromatic nitrogens is 1. The molecule has 1 aromatic carbocycles. The average molecular weight is 544 g/mol. The highest BCUT2D eigenvalue weighted by Crippen LogP contribution is 2.30. The van der Waals surface area contributed by atoms with Gasteiger partial charge < -0.3 is 25.4 Å². The molecule has 0 aliphatic carbocycles. The molecule has 0 radical (unpaired) electrons. The van der Waals surface area contributed by atoms with Gasteiger partial charge in [0.05, 0.1) is 18.2 Å². The number of anilines is 1. The maximum atomic E-state index is 11.4. The predicted octanol–water partition coefficient (Wildman–Crippen LogP) is 3.30. The number of carbonyl (C=O) groups is 1. The van der Waals surface area contributed by atoms with Gasteiger partial charge in [-0.05, 0) is 63.0 Å². The Morgan fingerprint density at radius 1 is 1.21 bits per heavy atom. The molecule has 0 amide bonds. The summed E-state index contributed by atoms with van der Waals surface area (Å²) in [5.74, 6) is -0.330. The van der Waals surface area contributed by atoms with Crippen LogP contribution in [0.1, 0.15) is 38.5 Å². The number of piperidine rings is 1. The number of hydrogen-bond donors (Lipinski definition) is 2. The van der Waals surface area contributed by atoms with Gasteiger partial charge in [-0.2, -0.15) is 5.26 Å². The maximum absolute atomic E-state index is 11.4. The van der Waals surface area contributed by atoms with Gasteiger partial charge in [0.15, 0.2) is 12.4 Å². The van der Waals surface area contributed by atoms with E-state index >= 15 is 0 Å². The molecule has 1 atom stereocenters. The Bertz CT molecular complexity index is 1070. The van der Waals surface area contributed by atoms with Gasteiger partial charge in [0.1, 0.15) is 5.75 Å². The number of nitrogens with one attached hydrogen (secondary N) is 1. The van der Waals surface area contributed by atoms with Crippen molar-refractivity contribution in [3.05, 3.63) is 53.8 Å². The number of unbranched alkanes of at least 4 members (excludes halogenated alkanes) is 3. The SMILES string of the molecule is COC(OC=O)(C1CCNCC1)[n+]1ccc(N(CCCCCCOc2ccc(Cl)cc2)C(N)=NC#N)cc1. The first-order valence-corrected chi connectivity index (χ1v) is 13.2. The Kier molecular flexibility index (Phi) is 11.6. The van der Waals surface area contributed by atoms with E-state index in [2.05, 4.69) is 10.3 Å². The number of benzene rings is 1. The smallest absolute Gasteiger partial charge is 0.438 e. The number of aliphatic imine (C=N–C) groups is 1. The molecule has 10 nitrogen and oxygen atoms in total. The van der Waals surface area contributed by atoms with E-state index in [9.17, 15) is 4.79 Å². The van der Waals surface area contributed by atoms with Crippen molar-refractivity contribution in [2.24, 2.45) is 16.6 Å². The Hall–Kier alpha value is -3.39. The molecule has 3 N–H and O–H groups in total. The molecule has 1 aliphatic rings. The lowest BCUT2D eigenvalue weighted by Gasteiger charge is -2.34. The van der Waals surface area contributed by atoms with Crippen molar-refractivity contribution in [1.29, 1.82) is 5.26 Å². The number of halogens is 1. The topological polar surface area (TPSA) is 126 Å². The van der Waals surface area contributed by atoms with Crippen LogP contribution in [0.5, 0.6) is 5.75 Å². The van der Waals surface area contributed by atoms with Gasteiger partial charge in [0.2, 0.25) is 12.2 Å². The van der Waals surface area contributed by atoms with E-state index in [1.807, 2.05) is 36.4 Å². The van der Waals surface area contributed by atoms with E-state index in [-0.39, 0.29) is 11.9 Å². The van der Waals surface area contributed by atoms with Crippen LogP contribution in [0.2, 0.25) is 5.02 Å². The molecule has 1 unspecified atom stereocenters. The van der Waals surface area contributed by atoms with E-state index < -0.39 is 5.91 Å². The van der Waals surface area contributed by atoms with Crippen molar-refractivity contribution in [2.75, 3.05) is 38.3 Å². The van der Waals surface area contributed by atoms with E-state index in [1.54, 1.807) is 28.1 Å². The van der Waals surface area contributed by atoms with E-state index in [0.29, 0.717) is 24.6 Å². The fourth-order valence-electron chi connectivity index (χ4n) is 4.68. The summed E-state index contributed by atoms with van der Waals surface area (Å²) in [7, 11) is 1.54. The summed E-state index contributed by atoms with van der Waals surface area (Å²) >= 11 is 5.90. The highest BCUT2D eigenvalue weighted by atomic mass is 35.5. The normalized spacial score (nSPS) is 15.8. The van der Waals surface area contributed by atoms with Gasteiger partial charge in [-0.1, -0.05) is 24.4 Å². The Labute approximate surface area is 228 Å². The molecule has 0 bridgehead atoms. The maximum Gasteiger partial charge on any atom is 0.438 e. The van der Waals surface area contributed by atoms with Crippen LogP contribution in [0.3, 0.4) is 0 Å². The summed E-state index contributed by atoms with van der Waals surface area (Å²) in [5.41, 5.74) is 6.90. The monoisotopic (exact) mass is 543 g/mol. The lowest BCUT2D eigenvalue weighted by atomic mass is 9.93. The molecule has 2 aromatic rings. The molecular formula is C27H36ClN6O4+. The molecule has 0 spiro atoms. The zero-order valence-electron chi connectivity index (χ0n) is 21.7. The summed E-state index contributed by atoms with van der Waals surface area (Å²) < 4.78 is 18.8. The van der Waals surface area contributed by atoms with Gasteiger partial charge in [0, 0.05) is 30.8 Å². The van der Waals surface area contributed by atoms with Crippen LogP contribution >= 0.6 is 11.6 Å². The van der Waals surface area contributed by atoms with Gasteiger partial charge in [-0.15, -0.1) is 9.56 Å². The standard InChI is InChI=1S/C27H36ClN6O4/c1-36-27(38-21-35,22-10-14-31-15-11-22)33-17-12-24(13-18-33)34(26(30)32-20-29)16-4-2-3-5-19-37-25-8-6-23(28)7-9-25/h6-9,12-13,17-18,21-22,31H,2-5,10-11,14-16,19H2,1H3,(H2,30,32)/q+1. The van der Waals surface area contributed by atoms with Crippen LogP contribution in [0.4, 0.5) is 5.69 Å². The molecule has 1 saturated heterocycles. The third-order valence-corrected chi connectivity index (χ3v) is 6.90. The fourth-order valence-corrected chi connectivity index (χ4v) is 4.81. The first-order chi connectivity index (χ1) is 18.5. The Balaban J connectivity index is 1.60. The Morgan fingerprint density at radius 2 is 1.89 bits per heavy atom. The van der Waals surface area contributed by atoms with Crippen LogP contribution in [-0.2, 0) is 20.2 Å². The predicted molar refractivity (Wildman–Crippen MR) is 144 cm³/mol. The molecule has 204 valence electrons. The van der Waals surface area contributed by atoms with Gasteiger partial charge in [0.25, 0.3) is 6.47 Å². The minimum Gasteiger partial charge on any atom is -0.494 e. The van der Waals surface area contributed by atoms with E-state index in [1.165, 1.54) is 7.11 Å². The first-order valence-electron chi connectivity index (χ1n) is 12.8. The highest BCUT2D eigenvalue weighted by molar-refractivity contribution is 6.30. The number of pyridine rings is 1. The second-order valence-corrected chi connectivity index (χ2v) is 9.41. The zero-order chi connectivity index (χ0) is 27.2. The number of carbonyl (C=O) groups excluding carboxylic acids is 1. The molecule has 38 heavy (non-hydrogen) atoms. The van der Waals surface area contributed by atoms with Gasteiger partial charge in [-0.3, -0.25) is 9.53 Å².